The number of ether oxygens (including phenoxy) is 3. The van der Waals surface area contributed by atoms with E-state index in [-0.39, 0.29) is 37.5 Å². The molecule has 1 unspecified atom stereocenters. The van der Waals surface area contributed by atoms with E-state index in [0.717, 1.165) is 148 Å². The van der Waals surface area contributed by atoms with Crippen molar-refractivity contribution < 1.29 is 28.6 Å². The van der Waals surface area contributed by atoms with Crippen LogP contribution < -0.4 is 0 Å². The fourth-order valence-electron chi connectivity index (χ4n) is 7.36. The summed E-state index contributed by atoms with van der Waals surface area (Å²) in [4.78, 5) is 38.0. The van der Waals surface area contributed by atoms with Crippen LogP contribution in [0.1, 0.15) is 239 Å². The molecule has 0 aromatic carbocycles. The monoisotopic (exact) mass is 981 g/mol. The minimum absolute atomic E-state index is 0.102. The lowest BCUT2D eigenvalue weighted by atomic mass is 10.1. The molecule has 0 radical (unpaired) electrons. The summed E-state index contributed by atoms with van der Waals surface area (Å²) in [5, 5.41) is 0. The lowest BCUT2D eigenvalue weighted by Crippen LogP contribution is -2.30. The molecule has 0 aromatic rings. The maximum atomic E-state index is 12.8. The molecule has 0 aliphatic carbocycles. The molecule has 0 aliphatic rings. The Hall–Kier alpha value is -4.45. The van der Waals surface area contributed by atoms with E-state index in [2.05, 4.69) is 154 Å². The quantitative estimate of drug-likeness (QED) is 0.0262. The lowest BCUT2D eigenvalue weighted by molar-refractivity contribution is -0.167. The van der Waals surface area contributed by atoms with Crippen LogP contribution in [-0.2, 0) is 28.6 Å². The van der Waals surface area contributed by atoms with Gasteiger partial charge in [0.1, 0.15) is 13.2 Å². The summed E-state index contributed by atoms with van der Waals surface area (Å²) in [6.45, 7) is 6.31. The molecule has 0 spiro atoms. The molecular formula is C65H104O6. The van der Waals surface area contributed by atoms with Gasteiger partial charge in [0.15, 0.2) is 6.10 Å². The van der Waals surface area contributed by atoms with Crippen molar-refractivity contribution in [2.24, 2.45) is 0 Å². The average Bonchev–Trinajstić information content (AvgIpc) is 3.37. The largest absolute Gasteiger partial charge is 0.462 e. The van der Waals surface area contributed by atoms with E-state index in [9.17, 15) is 14.4 Å². The normalized spacial score (nSPS) is 13.1. The molecule has 0 aliphatic heterocycles. The van der Waals surface area contributed by atoms with Crippen LogP contribution in [0.5, 0.6) is 0 Å². The van der Waals surface area contributed by atoms with Crippen LogP contribution in [0.25, 0.3) is 0 Å². The van der Waals surface area contributed by atoms with Crippen molar-refractivity contribution >= 4 is 17.9 Å². The zero-order chi connectivity index (χ0) is 51.4. The molecule has 0 aromatic heterocycles. The Morgan fingerprint density at radius 2 is 0.549 bits per heavy atom. The molecule has 400 valence electrons. The van der Waals surface area contributed by atoms with Gasteiger partial charge in [-0.2, -0.15) is 0 Å². The SMILES string of the molecule is CC/C=C\C/C=C\C/C=C\C/C=C\C/C=C\C/C=C\C/C=C\CCCCCCCCCC(=O)OCC(COC(=O)CCCCCCC/C=C\CCCC)OC(=O)CCCCC/C=C\C/C=C\C/C=C\CC. The number of hydrogen-bond acceptors (Lipinski definition) is 6. The second kappa shape index (κ2) is 58.1. The summed E-state index contributed by atoms with van der Waals surface area (Å²) in [5.74, 6) is -0.958. The van der Waals surface area contributed by atoms with Crippen LogP contribution in [0, 0.1) is 0 Å². The Kier molecular flexibility index (Phi) is 54.5. The molecule has 0 saturated carbocycles. The van der Waals surface area contributed by atoms with Crippen molar-refractivity contribution in [3.05, 3.63) is 134 Å². The first-order valence-corrected chi connectivity index (χ1v) is 28.7. The van der Waals surface area contributed by atoms with Gasteiger partial charge in [0.05, 0.1) is 0 Å². The van der Waals surface area contributed by atoms with Gasteiger partial charge in [-0.15, -0.1) is 0 Å². The van der Waals surface area contributed by atoms with Gasteiger partial charge in [-0.1, -0.05) is 225 Å². The summed E-state index contributed by atoms with van der Waals surface area (Å²) in [6, 6.07) is 0. The van der Waals surface area contributed by atoms with E-state index in [1.807, 2.05) is 0 Å². The standard InChI is InChI=1S/C65H104O6/c1-4-7-10-13-16-19-22-24-25-26-27-28-29-30-31-32-33-34-35-36-37-38-39-41-43-46-49-52-55-58-64(67)70-61-62(60-69-63(66)57-54-51-48-45-42-21-18-15-12-9-6-3)71-65(68)59-56-53-50-47-44-40-23-20-17-14-11-8-5-2/h7-8,10-11,15-20,24-25,27-28,30-31,33-34,36-37,40,44,62H,4-6,9,12-14,21-23,26,29,32,35,38-39,41-43,45-61H2,1-3H3/b10-7-,11-8-,18-15-,19-16-,20-17-,25-24-,28-27-,31-30-,34-33-,37-36-,44-40-. The first-order chi connectivity index (χ1) is 35.0. The second-order valence-corrected chi connectivity index (χ2v) is 18.4. The minimum atomic E-state index is -0.805. The number of rotatable bonds is 50. The molecule has 1 atom stereocenters. The number of hydrogen-bond donors (Lipinski definition) is 0. The highest BCUT2D eigenvalue weighted by Gasteiger charge is 2.19. The Balaban J connectivity index is 4.31. The van der Waals surface area contributed by atoms with E-state index in [0.29, 0.717) is 12.8 Å². The Morgan fingerprint density at radius 1 is 0.296 bits per heavy atom. The van der Waals surface area contributed by atoms with Gasteiger partial charge in [0.25, 0.3) is 0 Å². The maximum absolute atomic E-state index is 12.8. The smallest absolute Gasteiger partial charge is 0.306 e. The van der Waals surface area contributed by atoms with Crippen molar-refractivity contribution in [1.82, 2.24) is 0 Å². The van der Waals surface area contributed by atoms with Crippen molar-refractivity contribution in [2.45, 2.75) is 245 Å². The average molecular weight is 982 g/mol. The predicted molar refractivity (Wildman–Crippen MR) is 306 cm³/mol. The number of esters is 3. The van der Waals surface area contributed by atoms with Crippen molar-refractivity contribution in [3.8, 4) is 0 Å². The summed E-state index contributed by atoms with van der Waals surface area (Å²) in [7, 11) is 0. The molecule has 6 nitrogen and oxygen atoms in total. The summed E-state index contributed by atoms with van der Waals surface area (Å²) in [5.41, 5.74) is 0. The zero-order valence-electron chi connectivity index (χ0n) is 45.7. The molecule has 0 N–H and O–H groups in total. The predicted octanol–water partition coefficient (Wildman–Crippen LogP) is 19.4. The molecule has 0 heterocycles. The molecule has 0 rings (SSSR count). The molecule has 71 heavy (non-hydrogen) atoms. The molecule has 0 fully saturated rings. The van der Waals surface area contributed by atoms with Crippen LogP contribution in [0.3, 0.4) is 0 Å². The van der Waals surface area contributed by atoms with Crippen molar-refractivity contribution in [1.29, 1.82) is 0 Å². The third-order valence-electron chi connectivity index (χ3n) is 11.6. The first kappa shape index (κ1) is 66.6. The third-order valence-corrected chi connectivity index (χ3v) is 11.6. The number of carbonyl (C=O) groups excluding carboxylic acids is 3. The lowest BCUT2D eigenvalue weighted by Gasteiger charge is -2.18. The van der Waals surface area contributed by atoms with E-state index in [1.54, 1.807) is 0 Å². The third kappa shape index (κ3) is 56.3. The number of carbonyl (C=O) groups is 3. The van der Waals surface area contributed by atoms with Crippen LogP contribution in [0.2, 0.25) is 0 Å². The van der Waals surface area contributed by atoms with E-state index < -0.39 is 6.10 Å². The highest BCUT2D eigenvalue weighted by molar-refractivity contribution is 5.71. The van der Waals surface area contributed by atoms with Gasteiger partial charge in [-0.05, 0) is 128 Å². The zero-order valence-corrected chi connectivity index (χ0v) is 45.7. The van der Waals surface area contributed by atoms with Gasteiger partial charge in [0, 0.05) is 19.3 Å². The van der Waals surface area contributed by atoms with Gasteiger partial charge >= 0.3 is 17.9 Å². The van der Waals surface area contributed by atoms with Crippen LogP contribution in [0.4, 0.5) is 0 Å². The summed E-state index contributed by atoms with van der Waals surface area (Å²) in [6.07, 6.45) is 81.7. The van der Waals surface area contributed by atoms with E-state index in [4.69, 9.17) is 14.2 Å². The van der Waals surface area contributed by atoms with Crippen molar-refractivity contribution in [2.75, 3.05) is 13.2 Å². The van der Waals surface area contributed by atoms with Gasteiger partial charge < -0.3 is 14.2 Å². The topological polar surface area (TPSA) is 78.9 Å². The summed E-state index contributed by atoms with van der Waals surface area (Å²) >= 11 is 0. The molecule has 0 bridgehead atoms. The minimum Gasteiger partial charge on any atom is -0.462 e. The fraction of sp³-hybridized carbons (Fsp3) is 0.615. The second-order valence-electron chi connectivity index (χ2n) is 18.4. The number of allylic oxidation sites excluding steroid dienone is 22. The van der Waals surface area contributed by atoms with Crippen LogP contribution >= 0.6 is 0 Å². The first-order valence-electron chi connectivity index (χ1n) is 28.7. The maximum Gasteiger partial charge on any atom is 0.306 e. The molecule has 6 heteroatoms. The Morgan fingerprint density at radius 3 is 0.887 bits per heavy atom. The molecular weight excluding hydrogens is 877 g/mol. The van der Waals surface area contributed by atoms with E-state index in [1.165, 1.54) is 51.4 Å². The van der Waals surface area contributed by atoms with Crippen LogP contribution in [-0.4, -0.2) is 37.2 Å². The van der Waals surface area contributed by atoms with Gasteiger partial charge in [-0.3, -0.25) is 14.4 Å². The molecule has 0 amide bonds. The van der Waals surface area contributed by atoms with Gasteiger partial charge in [0.2, 0.25) is 0 Å². The summed E-state index contributed by atoms with van der Waals surface area (Å²) < 4.78 is 16.8. The Bertz CT molecular complexity index is 1550. The Labute approximate surface area is 436 Å². The fourth-order valence-corrected chi connectivity index (χ4v) is 7.36. The van der Waals surface area contributed by atoms with Crippen molar-refractivity contribution in [3.63, 3.8) is 0 Å². The van der Waals surface area contributed by atoms with Gasteiger partial charge in [-0.25, -0.2) is 0 Å². The van der Waals surface area contributed by atoms with E-state index >= 15 is 0 Å². The highest BCUT2D eigenvalue weighted by Crippen LogP contribution is 2.13. The van der Waals surface area contributed by atoms with Crippen LogP contribution in [0.15, 0.2) is 134 Å². The number of unbranched alkanes of at least 4 members (excludes halogenated alkanes) is 17. The highest BCUT2D eigenvalue weighted by atomic mass is 16.6. The molecule has 0 saturated heterocycles.